The van der Waals surface area contributed by atoms with E-state index in [2.05, 4.69) is 31.5 Å². The van der Waals surface area contributed by atoms with Crippen molar-refractivity contribution in [1.29, 1.82) is 0 Å². The van der Waals surface area contributed by atoms with Crippen LogP contribution in [0.15, 0.2) is 34.9 Å². The molecule has 0 aliphatic rings. The zero-order chi connectivity index (χ0) is 14.4. The van der Waals surface area contributed by atoms with Gasteiger partial charge in [-0.2, -0.15) is 0 Å². The van der Waals surface area contributed by atoms with Crippen LogP contribution in [-0.4, -0.2) is 24.0 Å². The smallest absolute Gasteiger partial charge is 0.233 e. The molecule has 106 valence electrons. The highest BCUT2D eigenvalue weighted by Gasteiger charge is 2.06. The van der Waals surface area contributed by atoms with Gasteiger partial charge >= 0.3 is 0 Å². The van der Waals surface area contributed by atoms with Crippen molar-refractivity contribution in [3.05, 3.63) is 40.5 Å². The SMILES string of the molecule is CCCNC(=O)CNCc1ccc(Br)c2cccnc12. The number of carbonyl (C=O) groups is 1. The van der Waals surface area contributed by atoms with Crippen molar-refractivity contribution in [1.82, 2.24) is 15.6 Å². The Labute approximate surface area is 127 Å². The molecule has 5 heteroatoms. The topological polar surface area (TPSA) is 54.0 Å². The molecule has 2 N–H and O–H groups in total. The first-order valence-corrected chi connectivity index (χ1v) is 7.51. The van der Waals surface area contributed by atoms with Crippen molar-refractivity contribution in [3.8, 4) is 0 Å². The normalized spacial score (nSPS) is 10.7. The van der Waals surface area contributed by atoms with E-state index in [0.717, 1.165) is 33.9 Å². The molecule has 0 atom stereocenters. The molecule has 0 saturated carbocycles. The van der Waals surface area contributed by atoms with Crippen molar-refractivity contribution in [2.45, 2.75) is 19.9 Å². The van der Waals surface area contributed by atoms with Crippen molar-refractivity contribution in [2.24, 2.45) is 0 Å². The number of halogens is 1. The molecule has 0 spiro atoms. The largest absolute Gasteiger partial charge is 0.355 e. The van der Waals surface area contributed by atoms with E-state index in [4.69, 9.17) is 0 Å². The molecule has 0 bridgehead atoms. The second-order valence-electron chi connectivity index (χ2n) is 4.56. The molecule has 0 aliphatic heterocycles. The Bertz CT molecular complexity index is 601. The van der Waals surface area contributed by atoms with E-state index in [1.165, 1.54) is 0 Å². The standard InChI is InChI=1S/C15H18BrN3O/c1-2-7-18-14(20)10-17-9-11-5-6-13(16)12-4-3-8-19-15(11)12/h3-6,8,17H,2,7,9-10H2,1H3,(H,18,20). The van der Waals surface area contributed by atoms with Crippen LogP contribution in [0, 0.1) is 0 Å². The fraction of sp³-hybridized carbons (Fsp3) is 0.333. The van der Waals surface area contributed by atoms with Gasteiger partial charge in [0, 0.05) is 29.1 Å². The lowest BCUT2D eigenvalue weighted by Crippen LogP contribution is -2.33. The fourth-order valence-electron chi connectivity index (χ4n) is 1.98. The first-order valence-electron chi connectivity index (χ1n) is 6.72. The first-order chi connectivity index (χ1) is 9.72. The number of rotatable bonds is 6. The van der Waals surface area contributed by atoms with Crippen molar-refractivity contribution in [2.75, 3.05) is 13.1 Å². The van der Waals surface area contributed by atoms with Gasteiger partial charge in [-0.05, 0) is 24.1 Å². The molecule has 1 aromatic carbocycles. The van der Waals surface area contributed by atoms with Gasteiger partial charge in [-0.25, -0.2) is 0 Å². The predicted molar refractivity (Wildman–Crippen MR) is 84.5 cm³/mol. The highest BCUT2D eigenvalue weighted by Crippen LogP contribution is 2.24. The molecule has 0 aliphatic carbocycles. The third-order valence-corrected chi connectivity index (χ3v) is 3.66. The lowest BCUT2D eigenvalue weighted by atomic mass is 10.1. The van der Waals surface area contributed by atoms with Crippen molar-refractivity contribution in [3.63, 3.8) is 0 Å². The molecular weight excluding hydrogens is 318 g/mol. The summed E-state index contributed by atoms with van der Waals surface area (Å²) in [5, 5.41) is 7.08. The van der Waals surface area contributed by atoms with Crippen LogP contribution in [-0.2, 0) is 11.3 Å². The molecule has 20 heavy (non-hydrogen) atoms. The summed E-state index contributed by atoms with van der Waals surface area (Å²) in [6, 6.07) is 7.99. The molecule has 2 rings (SSSR count). The Morgan fingerprint density at radius 1 is 1.35 bits per heavy atom. The van der Waals surface area contributed by atoms with Gasteiger partial charge in [0.1, 0.15) is 0 Å². The number of pyridine rings is 1. The molecule has 0 fully saturated rings. The van der Waals surface area contributed by atoms with Gasteiger partial charge in [0.15, 0.2) is 0 Å². The summed E-state index contributed by atoms with van der Waals surface area (Å²) in [7, 11) is 0. The van der Waals surface area contributed by atoms with E-state index < -0.39 is 0 Å². The summed E-state index contributed by atoms with van der Waals surface area (Å²) >= 11 is 3.53. The Hall–Kier alpha value is -1.46. The summed E-state index contributed by atoms with van der Waals surface area (Å²) in [5.41, 5.74) is 2.05. The van der Waals surface area contributed by atoms with E-state index in [-0.39, 0.29) is 5.91 Å². The van der Waals surface area contributed by atoms with Crippen molar-refractivity contribution >= 4 is 32.7 Å². The highest BCUT2D eigenvalue weighted by molar-refractivity contribution is 9.10. The van der Waals surface area contributed by atoms with Gasteiger partial charge in [-0.3, -0.25) is 9.78 Å². The van der Waals surface area contributed by atoms with Crippen LogP contribution < -0.4 is 10.6 Å². The zero-order valence-electron chi connectivity index (χ0n) is 11.4. The monoisotopic (exact) mass is 335 g/mol. The summed E-state index contributed by atoms with van der Waals surface area (Å²) in [4.78, 5) is 15.9. The minimum absolute atomic E-state index is 0.0289. The fourth-order valence-corrected chi connectivity index (χ4v) is 2.43. The van der Waals surface area contributed by atoms with Crippen LogP contribution in [0.1, 0.15) is 18.9 Å². The number of hydrogen-bond donors (Lipinski definition) is 2. The Balaban J connectivity index is 2.00. The second kappa shape index (κ2) is 7.36. The van der Waals surface area contributed by atoms with Gasteiger partial charge in [0.2, 0.25) is 5.91 Å². The maximum Gasteiger partial charge on any atom is 0.233 e. The zero-order valence-corrected chi connectivity index (χ0v) is 13.0. The molecule has 0 radical (unpaired) electrons. The maximum atomic E-state index is 11.5. The van der Waals surface area contributed by atoms with Crippen LogP contribution in [0.5, 0.6) is 0 Å². The van der Waals surface area contributed by atoms with E-state index in [1.807, 2.05) is 31.2 Å². The third kappa shape index (κ3) is 3.77. The minimum atomic E-state index is 0.0289. The molecule has 1 aromatic heterocycles. The number of nitrogens with one attached hydrogen (secondary N) is 2. The number of hydrogen-bond acceptors (Lipinski definition) is 3. The highest BCUT2D eigenvalue weighted by atomic mass is 79.9. The maximum absolute atomic E-state index is 11.5. The molecule has 4 nitrogen and oxygen atoms in total. The molecular formula is C15H18BrN3O. The number of nitrogens with zero attached hydrogens (tertiary/aromatic N) is 1. The average molecular weight is 336 g/mol. The number of benzene rings is 1. The lowest BCUT2D eigenvalue weighted by molar-refractivity contribution is -0.120. The van der Waals surface area contributed by atoms with E-state index >= 15 is 0 Å². The van der Waals surface area contributed by atoms with E-state index in [9.17, 15) is 4.79 Å². The van der Waals surface area contributed by atoms with E-state index in [0.29, 0.717) is 13.1 Å². The van der Waals surface area contributed by atoms with Crippen LogP contribution >= 0.6 is 15.9 Å². The summed E-state index contributed by atoms with van der Waals surface area (Å²) in [6.45, 7) is 3.71. The number of fused-ring (bicyclic) bond motifs is 1. The lowest BCUT2D eigenvalue weighted by Gasteiger charge is -2.09. The van der Waals surface area contributed by atoms with Gasteiger partial charge < -0.3 is 10.6 Å². The quantitative estimate of drug-likeness (QED) is 0.853. The summed E-state index contributed by atoms with van der Waals surface area (Å²) in [5.74, 6) is 0.0289. The van der Waals surface area contributed by atoms with Gasteiger partial charge in [-0.15, -0.1) is 0 Å². The number of aromatic nitrogens is 1. The van der Waals surface area contributed by atoms with Crippen LogP contribution in [0.3, 0.4) is 0 Å². The molecule has 0 unspecified atom stereocenters. The Morgan fingerprint density at radius 2 is 2.20 bits per heavy atom. The number of carbonyl (C=O) groups excluding carboxylic acids is 1. The van der Waals surface area contributed by atoms with Gasteiger partial charge in [-0.1, -0.05) is 35.0 Å². The first kappa shape index (κ1) is 14.9. The number of amides is 1. The van der Waals surface area contributed by atoms with Crippen LogP contribution in [0.2, 0.25) is 0 Å². The molecule has 1 heterocycles. The van der Waals surface area contributed by atoms with Crippen LogP contribution in [0.4, 0.5) is 0 Å². The van der Waals surface area contributed by atoms with Gasteiger partial charge in [0.25, 0.3) is 0 Å². The third-order valence-electron chi connectivity index (χ3n) is 2.97. The predicted octanol–water partition coefficient (Wildman–Crippen LogP) is 2.61. The molecule has 2 aromatic rings. The van der Waals surface area contributed by atoms with Crippen molar-refractivity contribution < 1.29 is 4.79 Å². The van der Waals surface area contributed by atoms with Crippen LogP contribution in [0.25, 0.3) is 10.9 Å². The van der Waals surface area contributed by atoms with Gasteiger partial charge in [0.05, 0.1) is 12.1 Å². The van der Waals surface area contributed by atoms with E-state index in [1.54, 1.807) is 6.20 Å². The molecule has 0 saturated heterocycles. The Kier molecular flexibility index (Phi) is 5.49. The Morgan fingerprint density at radius 3 is 3.00 bits per heavy atom. The summed E-state index contributed by atoms with van der Waals surface area (Å²) in [6.07, 6.45) is 2.74. The molecule has 1 amide bonds. The second-order valence-corrected chi connectivity index (χ2v) is 5.41. The average Bonchev–Trinajstić information content (AvgIpc) is 2.48. The minimum Gasteiger partial charge on any atom is -0.355 e. The summed E-state index contributed by atoms with van der Waals surface area (Å²) < 4.78 is 1.03.